The lowest BCUT2D eigenvalue weighted by atomic mass is 9.99. The van der Waals surface area contributed by atoms with Crippen molar-refractivity contribution in [2.45, 2.75) is 33.7 Å². The summed E-state index contributed by atoms with van der Waals surface area (Å²) >= 11 is 0. The molecule has 0 aliphatic rings. The van der Waals surface area contributed by atoms with Gasteiger partial charge in [-0.1, -0.05) is 37.4 Å². The summed E-state index contributed by atoms with van der Waals surface area (Å²) in [4.78, 5) is 5.02. The molecule has 3 nitrogen and oxygen atoms in total. The molecule has 0 aliphatic heterocycles. The molecule has 0 saturated carbocycles. The minimum absolute atomic E-state index is 0.348. The van der Waals surface area contributed by atoms with Crippen LogP contribution in [0.2, 0.25) is 0 Å². The Kier molecular flexibility index (Phi) is 4.90. The molecular weight excluding hydrogens is 318 g/mol. The van der Waals surface area contributed by atoms with E-state index in [0.29, 0.717) is 6.04 Å². The molecule has 1 aromatic carbocycles. The number of para-hydroxylation sites is 1. The van der Waals surface area contributed by atoms with E-state index in [4.69, 9.17) is 4.98 Å². The Hall–Kier alpha value is -2.94. The van der Waals surface area contributed by atoms with E-state index in [1.54, 1.807) is 0 Å². The third kappa shape index (κ3) is 3.13. The van der Waals surface area contributed by atoms with Gasteiger partial charge in [-0.3, -0.25) is 0 Å². The second-order valence-corrected chi connectivity index (χ2v) is 6.90. The molecule has 26 heavy (non-hydrogen) atoms. The molecule has 3 heteroatoms. The first kappa shape index (κ1) is 17.9. The van der Waals surface area contributed by atoms with Gasteiger partial charge in [0.25, 0.3) is 12.0 Å². The Morgan fingerprint density at radius 1 is 1.12 bits per heavy atom. The number of hydrogen-bond donors (Lipinski definition) is 0. The van der Waals surface area contributed by atoms with E-state index in [0.717, 1.165) is 39.3 Å². The zero-order chi connectivity index (χ0) is 18.8. The molecule has 0 radical (unpaired) electrons. The molecule has 0 unspecified atom stereocenters. The van der Waals surface area contributed by atoms with Gasteiger partial charge in [0.15, 0.2) is 5.52 Å². The van der Waals surface area contributed by atoms with Gasteiger partial charge >= 0.3 is 0 Å². The highest BCUT2D eigenvalue weighted by Crippen LogP contribution is 2.27. The largest absolute Gasteiger partial charge is 0.274 e. The molecule has 3 rings (SSSR count). The van der Waals surface area contributed by atoms with Crippen molar-refractivity contribution in [3.8, 4) is 5.69 Å². The first-order valence-electron chi connectivity index (χ1n) is 8.92. The lowest BCUT2D eigenvalue weighted by molar-refractivity contribution is -0.691. The zero-order valence-corrected chi connectivity index (χ0v) is 16.0. The van der Waals surface area contributed by atoms with Gasteiger partial charge in [-0.15, -0.1) is 0 Å². The number of rotatable bonds is 5. The summed E-state index contributed by atoms with van der Waals surface area (Å²) in [7, 11) is 0. The molecule has 2 heterocycles. The minimum atomic E-state index is 0.348. The van der Waals surface area contributed by atoms with Crippen LogP contribution in [0.1, 0.15) is 39.4 Å². The van der Waals surface area contributed by atoms with Gasteiger partial charge in [0.1, 0.15) is 5.69 Å². The monoisotopic (exact) mass is 344 g/mol. The molecule has 0 aliphatic carbocycles. The van der Waals surface area contributed by atoms with Crippen molar-refractivity contribution in [2.24, 2.45) is 0 Å². The normalized spacial score (nSPS) is 12.3. The number of benzene rings is 1. The number of imidazole rings is 1. The average Bonchev–Trinajstić information content (AvgIpc) is 3.01. The molecule has 0 fully saturated rings. The average molecular weight is 344 g/mol. The number of aromatic nitrogens is 3. The Labute approximate surface area is 155 Å². The van der Waals surface area contributed by atoms with Crippen molar-refractivity contribution in [2.75, 3.05) is 0 Å². The van der Waals surface area contributed by atoms with Crippen LogP contribution in [0.25, 0.3) is 22.4 Å². The highest BCUT2D eigenvalue weighted by molar-refractivity contribution is 5.82. The Bertz CT molecular complexity index is 1000. The maximum Gasteiger partial charge on any atom is 0.274 e. The summed E-state index contributed by atoms with van der Waals surface area (Å²) in [6.45, 7) is 16.5. The van der Waals surface area contributed by atoms with Crippen LogP contribution in [0.15, 0.2) is 79.2 Å². The van der Waals surface area contributed by atoms with E-state index in [9.17, 15) is 0 Å². The van der Waals surface area contributed by atoms with Crippen LogP contribution in [0.3, 0.4) is 0 Å². The molecular formula is C23H26N3+. The molecule has 2 aromatic heterocycles. The van der Waals surface area contributed by atoms with Crippen molar-refractivity contribution in [3.05, 3.63) is 84.9 Å². The molecule has 0 bridgehead atoms. The lowest BCUT2D eigenvalue weighted by Gasteiger charge is -2.09. The highest BCUT2D eigenvalue weighted by Gasteiger charge is 2.22. The third-order valence-electron chi connectivity index (χ3n) is 4.57. The molecule has 132 valence electrons. The Morgan fingerprint density at radius 3 is 2.38 bits per heavy atom. The Morgan fingerprint density at radius 2 is 1.81 bits per heavy atom. The molecule has 0 atom stereocenters. The van der Waals surface area contributed by atoms with Crippen molar-refractivity contribution in [1.29, 1.82) is 0 Å². The van der Waals surface area contributed by atoms with E-state index >= 15 is 0 Å². The van der Waals surface area contributed by atoms with E-state index in [1.807, 2.05) is 38.1 Å². The predicted molar refractivity (Wildman–Crippen MR) is 109 cm³/mol. The number of allylic oxidation sites excluding steroid dienone is 4. The van der Waals surface area contributed by atoms with E-state index in [2.05, 4.69) is 66.7 Å². The maximum atomic E-state index is 5.02. The minimum Gasteiger partial charge on any atom is -0.226 e. The second kappa shape index (κ2) is 7.12. The number of nitrogens with zero attached hydrogens (tertiary/aromatic N) is 3. The first-order chi connectivity index (χ1) is 12.4. The fourth-order valence-corrected chi connectivity index (χ4v) is 3.25. The quantitative estimate of drug-likeness (QED) is 0.447. The van der Waals surface area contributed by atoms with E-state index < -0.39 is 0 Å². The van der Waals surface area contributed by atoms with Gasteiger partial charge in [-0.2, -0.15) is 4.57 Å². The summed E-state index contributed by atoms with van der Waals surface area (Å²) in [5, 5.41) is 0. The molecule has 0 spiro atoms. The zero-order valence-electron chi connectivity index (χ0n) is 16.0. The topological polar surface area (TPSA) is 21.7 Å². The van der Waals surface area contributed by atoms with Crippen LogP contribution < -0.4 is 4.57 Å². The summed E-state index contributed by atoms with van der Waals surface area (Å²) < 4.78 is 4.40. The molecule has 0 saturated heterocycles. The van der Waals surface area contributed by atoms with Gasteiger partial charge in [0.2, 0.25) is 0 Å². The number of pyridine rings is 1. The van der Waals surface area contributed by atoms with Crippen LogP contribution in [0, 0.1) is 0 Å². The van der Waals surface area contributed by atoms with Gasteiger partial charge in [0, 0.05) is 5.57 Å². The van der Waals surface area contributed by atoms with Gasteiger partial charge < -0.3 is 0 Å². The van der Waals surface area contributed by atoms with Crippen molar-refractivity contribution in [1.82, 2.24) is 9.55 Å². The van der Waals surface area contributed by atoms with Crippen molar-refractivity contribution >= 4 is 16.7 Å². The van der Waals surface area contributed by atoms with Crippen LogP contribution in [-0.4, -0.2) is 9.55 Å². The fourth-order valence-electron chi connectivity index (χ4n) is 3.25. The van der Waals surface area contributed by atoms with Crippen LogP contribution in [0.4, 0.5) is 0 Å². The van der Waals surface area contributed by atoms with Gasteiger partial charge in [0.05, 0.1) is 11.7 Å². The lowest BCUT2D eigenvalue weighted by Crippen LogP contribution is -2.34. The van der Waals surface area contributed by atoms with Crippen LogP contribution >= 0.6 is 0 Å². The van der Waals surface area contributed by atoms with Gasteiger partial charge in [-0.25, -0.2) is 9.55 Å². The predicted octanol–water partition coefficient (Wildman–Crippen LogP) is 5.43. The van der Waals surface area contributed by atoms with Crippen molar-refractivity contribution in [3.63, 3.8) is 0 Å². The first-order valence-corrected chi connectivity index (χ1v) is 8.92. The van der Waals surface area contributed by atoms with E-state index in [-0.39, 0.29) is 0 Å². The maximum absolute atomic E-state index is 5.02. The second-order valence-electron chi connectivity index (χ2n) is 6.90. The van der Waals surface area contributed by atoms with E-state index in [1.165, 1.54) is 0 Å². The molecule has 0 N–H and O–H groups in total. The summed E-state index contributed by atoms with van der Waals surface area (Å²) in [6.07, 6.45) is 3.99. The third-order valence-corrected chi connectivity index (χ3v) is 4.57. The highest BCUT2D eigenvalue weighted by atomic mass is 15.2. The SMILES string of the molecule is C=CC(C)=C(C(=C)C)c1ccc2c(n1)n(-c1ccccc1)c[n+]2C(C)C. The van der Waals surface area contributed by atoms with Crippen molar-refractivity contribution < 1.29 is 4.57 Å². The van der Waals surface area contributed by atoms with Crippen LogP contribution in [0.5, 0.6) is 0 Å². The summed E-state index contributed by atoms with van der Waals surface area (Å²) in [5.74, 6) is 0. The molecule has 0 amide bonds. The number of hydrogen-bond acceptors (Lipinski definition) is 1. The fraction of sp³-hybridized carbons (Fsp3) is 0.217. The molecule has 3 aromatic rings. The standard InChI is InChI=1S/C23H26N3/c1-7-18(6)22(16(2)3)20-13-14-21-23(24-20)26(15-25(21)17(4)5)19-11-9-8-10-12-19/h7-15,17H,1-2H2,3-6H3/q+1. The number of fused-ring (bicyclic) bond motifs is 1. The van der Waals surface area contributed by atoms with Crippen LogP contribution in [-0.2, 0) is 0 Å². The summed E-state index contributed by atoms with van der Waals surface area (Å²) in [5.41, 5.74) is 7.21. The summed E-state index contributed by atoms with van der Waals surface area (Å²) in [6, 6.07) is 14.9. The smallest absolute Gasteiger partial charge is 0.226 e. The Balaban J connectivity index is 2.32. The van der Waals surface area contributed by atoms with Gasteiger partial charge in [-0.05, 0) is 63.1 Å².